The van der Waals surface area contributed by atoms with Gasteiger partial charge in [0.15, 0.2) is 0 Å². The van der Waals surface area contributed by atoms with E-state index in [0.717, 1.165) is 12.5 Å². The van der Waals surface area contributed by atoms with Crippen molar-refractivity contribution in [1.29, 1.82) is 0 Å². The monoisotopic (exact) mass is 239 g/mol. The zero-order chi connectivity index (χ0) is 12.7. The minimum atomic E-state index is -0.118. The lowest BCUT2D eigenvalue weighted by Crippen LogP contribution is -2.41. The van der Waals surface area contributed by atoms with E-state index in [9.17, 15) is 4.79 Å². The van der Waals surface area contributed by atoms with Gasteiger partial charge in [-0.25, -0.2) is 0 Å². The number of nitrogens with zero attached hydrogens (tertiary/aromatic N) is 1. The molecule has 3 heteroatoms. The molecule has 0 amide bonds. The first-order valence-electron chi connectivity index (χ1n) is 6.68. The van der Waals surface area contributed by atoms with Crippen molar-refractivity contribution >= 4 is 5.97 Å². The van der Waals surface area contributed by atoms with Crippen molar-refractivity contribution in [2.75, 3.05) is 19.7 Å². The second-order valence-corrected chi connectivity index (χ2v) is 4.94. The third-order valence-electron chi connectivity index (χ3n) is 3.50. The van der Waals surface area contributed by atoms with Crippen LogP contribution in [0.4, 0.5) is 0 Å². The number of ether oxygens (including phenoxy) is 1. The second kappa shape index (κ2) is 7.49. The van der Waals surface area contributed by atoms with Crippen LogP contribution in [0.15, 0.2) is 12.7 Å². The van der Waals surface area contributed by atoms with Crippen LogP contribution in [0.5, 0.6) is 0 Å². The summed E-state index contributed by atoms with van der Waals surface area (Å²) in [6.45, 7) is 9.56. The van der Waals surface area contributed by atoms with Gasteiger partial charge in [-0.3, -0.25) is 9.69 Å². The summed E-state index contributed by atoms with van der Waals surface area (Å²) >= 11 is 0. The minimum absolute atomic E-state index is 0.118. The third kappa shape index (κ3) is 4.90. The molecule has 1 fully saturated rings. The highest BCUT2D eigenvalue weighted by molar-refractivity contribution is 5.71. The molecule has 3 nitrogen and oxygen atoms in total. The smallest absolute Gasteiger partial charge is 0.320 e. The normalized spacial score (nSPS) is 24.6. The average Bonchev–Trinajstić information content (AvgIpc) is 2.30. The number of esters is 1. The van der Waals surface area contributed by atoms with Crippen LogP contribution < -0.4 is 0 Å². The fourth-order valence-electron chi connectivity index (χ4n) is 2.49. The molecule has 0 saturated heterocycles. The van der Waals surface area contributed by atoms with Crippen LogP contribution >= 0.6 is 0 Å². The number of rotatable bonds is 6. The van der Waals surface area contributed by atoms with Crippen LogP contribution in [0, 0.1) is 5.92 Å². The van der Waals surface area contributed by atoms with E-state index < -0.39 is 0 Å². The van der Waals surface area contributed by atoms with Gasteiger partial charge in [-0.15, -0.1) is 6.58 Å². The lowest BCUT2D eigenvalue weighted by molar-refractivity contribution is -0.145. The summed E-state index contributed by atoms with van der Waals surface area (Å²) in [6.07, 6.45) is 6.78. The molecule has 98 valence electrons. The molecule has 0 N–H and O–H groups in total. The van der Waals surface area contributed by atoms with Gasteiger partial charge < -0.3 is 4.74 Å². The Labute approximate surface area is 105 Å². The zero-order valence-corrected chi connectivity index (χ0v) is 11.2. The molecular weight excluding hydrogens is 214 g/mol. The Morgan fingerprint density at radius 1 is 1.41 bits per heavy atom. The first kappa shape index (κ1) is 14.2. The molecule has 1 aliphatic rings. The molecule has 0 bridgehead atoms. The Morgan fingerprint density at radius 3 is 2.59 bits per heavy atom. The van der Waals surface area contributed by atoms with Crippen LogP contribution in [0.2, 0.25) is 0 Å². The molecule has 0 aromatic heterocycles. The molecule has 0 aromatic carbocycles. The molecule has 0 unspecified atom stereocenters. The van der Waals surface area contributed by atoms with E-state index in [-0.39, 0.29) is 5.97 Å². The maximum atomic E-state index is 11.5. The van der Waals surface area contributed by atoms with Crippen LogP contribution in [-0.2, 0) is 9.53 Å². The highest BCUT2D eigenvalue weighted by Gasteiger charge is 2.24. The molecule has 1 aliphatic carbocycles. The molecule has 0 aliphatic heterocycles. The topological polar surface area (TPSA) is 29.5 Å². The Kier molecular flexibility index (Phi) is 6.27. The number of hydrogen-bond acceptors (Lipinski definition) is 3. The minimum Gasteiger partial charge on any atom is -0.465 e. The Hall–Kier alpha value is -0.830. The first-order chi connectivity index (χ1) is 8.17. The first-order valence-corrected chi connectivity index (χ1v) is 6.68. The fourth-order valence-corrected chi connectivity index (χ4v) is 2.49. The van der Waals surface area contributed by atoms with Gasteiger partial charge in [0.05, 0.1) is 13.2 Å². The van der Waals surface area contributed by atoms with E-state index in [2.05, 4.69) is 18.4 Å². The lowest BCUT2D eigenvalue weighted by atomic mass is 9.86. The van der Waals surface area contributed by atoms with Gasteiger partial charge in [-0.2, -0.15) is 0 Å². The van der Waals surface area contributed by atoms with Crippen molar-refractivity contribution in [2.24, 2.45) is 5.92 Å². The SMILES string of the molecule is C=CCN(CC(=O)OCC)C1CCC(C)CC1. The van der Waals surface area contributed by atoms with Crippen molar-refractivity contribution < 1.29 is 9.53 Å². The maximum absolute atomic E-state index is 11.5. The summed E-state index contributed by atoms with van der Waals surface area (Å²) in [4.78, 5) is 13.7. The third-order valence-corrected chi connectivity index (χ3v) is 3.50. The van der Waals surface area contributed by atoms with Crippen molar-refractivity contribution in [3.63, 3.8) is 0 Å². The Balaban J connectivity index is 2.46. The number of carbonyl (C=O) groups excluding carboxylic acids is 1. The zero-order valence-electron chi connectivity index (χ0n) is 11.2. The number of carbonyl (C=O) groups is 1. The van der Waals surface area contributed by atoms with E-state index in [1.165, 1.54) is 25.7 Å². The molecular formula is C14H25NO2. The van der Waals surface area contributed by atoms with E-state index in [0.29, 0.717) is 19.2 Å². The maximum Gasteiger partial charge on any atom is 0.320 e. The summed E-state index contributed by atoms with van der Waals surface area (Å²) in [6, 6.07) is 0.522. The van der Waals surface area contributed by atoms with Crippen LogP contribution in [-0.4, -0.2) is 36.6 Å². The molecule has 0 spiro atoms. The predicted octanol–water partition coefficient (Wildman–Crippen LogP) is 2.62. The molecule has 1 saturated carbocycles. The fraction of sp³-hybridized carbons (Fsp3) is 0.786. The second-order valence-electron chi connectivity index (χ2n) is 4.94. The van der Waals surface area contributed by atoms with Crippen molar-refractivity contribution in [1.82, 2.24) is 4.90 Å². The predicted molar refractivity (Wildman–Crippen MR) is 69.8 cm³/mol. The van der Waals surface area contributed by atoms with Crippen molar-refractivity contribution in [3.8, 4) is 0 Å². The van der Waals surface area contributed by atoms with E-state index in [1.807, 2.05) is 13.0 Å². The molecule has 0 aromatic rings. The van der Waals surface area contributed by atoms with Crippen LogP contribution in [0.1, 0.15) is 39.5 Å². The summed E-state index contributed by atoms with van der Waals surface area (Å²) < 4.78 is 5.02. The highest BCUT2D eigenvalue weighted by Crippen LogP contribution is 2.26. The summed E-state index contributed by atoms with van der Waals surface area (Å²) in [5.41, 5.74) is 0. The molecule has 17 heavy (non-hydrogen) atoms. The van der Waals surface area contributed by atoms with E-state index in [1.54, 1.807) is 0 Å². The largest absolute Gasteiger partial charge is 0.465 e. The van der Waals surface area contributed by atoms with Gasteiger partial charge in [-0.1, -0.05) is 13.0 Å². The summed E-state index contributed by atoms with van der Waals surface area (Å²) in [5, 5.41) is 0. The quantitative estimate of drug-likeness (QED) is 0.527. The van der Waals surface area contributed by atoms with Gasteiger partial charge in [-0.05, 0) is 38.5 Å². The van der Waals surface area contributed by atoms with Crippen LogP contribution in [0.3, 0.4) is 0 Å². The van der Waals surface area contributed by atoms with Crippen molar-refractivity contribution in [2.45, 2.75) is 45.6 Å². The molecule has 0 radical (unpaired) electrons. The highest BCUT2D eigenvalue weighted by atomic mass is 16.5. The average molecular weight is 239 g/mol. The van der Waals surface area contributed by atoms with Crippen LogP contribution in [0.25, 0.3) is 0 Å². The van der Waals surface area contributed by atoms with Gasteiger partial charge in [0.25, 0.3) is 0 Å². The lowest BCUT2D eigenvalue weighted by Gasteiger charge is -2.34. The number of hydrogen-bond donors (Lipinski definition) is 0. The Morgan fingerprint density at radius 2 is 2.06 bits per heavy atom. The van der Waals surface area contributed by atoms with Crippen molar-refractivity contribution in [3.05, 3.63) is 12.7 Å². The van der Waals surface area contributed by atoms with Gasteiger partial charge in [0.2, 0.25) is 0 Å². The Bertz CT molecular complexity index is 245. The summed E-state index contributed by atoms with van der Waals surface area (Å²) in [5.74, 6) is 0.715. The van der Waals surface area contributed by atoms with E-state index >= 15 is 0 Å². The van der Waals surface area contributed by atoms with Gasteiger partial charge in [0.1, 0.15) is 0 Å². The molecule has 0 heterocycles. The van der Waals surface area contributed by atoms with E-state index in [4.69, 9.17) is 4.74 Å². The summed E-state index contributed by atoms with van der Waals surface area (Å²) in [7, 11) is 0. The van der Waals surface area contributed by atoms with Gasteiger partial charge >= 0.3 is 5.97 Å². The standard InChI is InChI=1S/C14H25NO2/c1-4-10-15(11-14(16)17-5-2)13-8-6-12(3)7-9-13/h4,12-13H,1,5-11H2,2-3H3. The molecule has 1 rings (SSSR count). The molecule has 0 atom stereocenters. The van der Waals surface area contributed by atoms with Gasteiger partial charge in [0, 0.05) is 12.6 Å².